The Hall–Kier alpha value is -1.63. The predicted molar refractivity (Wildman–Crippen MR) is 82.3 cm³/mol. The molecule has 0 aromatic heterocycles. The van der Waals surface area contributed by atoms with E-state index in [1.165, 1.54) is 0 Å². The van der Waals surface area contributed by atoms with E-state index in [4.69, 9.17) is 21.1 Å². The van der Waals surface area contributed by atoms with Gasteiger partial charge in [0.15, 0.2) is 0 Å². The van der Waals surface area contributed by atoms with Crippen molar-refractivity contribution in [3.63, 3.8) is 0 Å². The Morgan fingerprint density at radius 2 is 0.857 bits per heavy atom. The van der Waals surface area contributed by atoms with Crippen LogP contribution in [0.15, 0.2) is 0 Å². The molecule has 0 aromatic rings. The summed E-state index contributed by atoms with van der Waals surface area (Å²) in [6.45, 7) is 11.9. The van der Waals surface area contributed by atoms with Crippen molar-refractivity contribution >= 4 is 17.9 Å². The van der Waals surface area contributed by atoms with E-state index in [1.54, 1.807) is 20.8 Å². The lowest BCUT2D eigenvalue weighted by atomic mass is 9.98. The molecule has 0 atom stereocenters. The number of aliphatic carboxylic acids is 3. The summed E-state index contributed by atoms with van der Waals surface area (Å²) in [5.74, 6) is -2.24. The van der Waals surface area contributed by atoms with Crippen molar-refractivity contribution in [1.29, 1.82) is 0 Å². The molecule has 0 bridgehead atoms. The van der Waals surface area contributed by atoms with Crippen molar-refractivity contribution in [1.82, 2.24) is 0 Å². The Bertz CT molecular complexity index is 238. The Morgan fingerprint density at radius 3 is 0.857 bits per heavy atom. The molecule has 128 valence electrons. The van der Waals surface area contributed by atoms with Crippen LogP contribution in [0.2, 0.25) is 0 Å². The predicted octanol–water partition coefficient (Wildman–Crippen LogP) is 2.43. The highest BCUT2D eigenvalue weighted by Gasteiger charge is 2.03. The van der Waals surface area contributed by atoms with E-state index in [0.29, 0.717) is 5.41 Å². The van der Waals surface area contributed by atoms with Gasteiger partial charge in [0.2, 0.25) is 0 Å². The lowest BCUT2D eigenvalue weighted by Gasteiger charge is -2.12. The molecule has 5 N–H and O–H groups in total. The monoisotopic (exact) mass is 309 g/mol. The minimum atomic E-state index is -0.745. The van der Waals surface area contributed by atoms with E-state index in [0.717, 1.165) is 6.54 Å². The Labute approximate surface area is 127 Å². The molecule has 0 heterocycles. The first-order chi connectivity index (χ1) is 9.37. The van der Waals surface area contributed by atoms with Crippen molar-refractivity contribution in [2.24, 2.45) is 11.1 Å². The van der Waals surface area contributed by atoms with Gasteiger partial charge >= 0.3 is 17.9 Å². The van der Waals surface area contributed by atoms with E-state index < -0.39 is 17.9 Å². The van der Waals surface area contributed by atoms with Crippen molar-refractivity contribution in [3.05, 3.63) is 0 Å². The second-order valence-corrected chi connectivity index (χ2v) is 5.01. The molecule has 0 aliphatic heterocycles. The Balaban J connectivity index is -0.0000000921. The SMILES string of the molecule is CC(C)(C)CN.CCC(=O)O.CCC(=O)O.CCC(=O)O. The van der Waals surface area contributed by atoms with Crippen molar-refractivity contribution in [2.75, 3.05) is 6.54 Å². The molecular weight excluding hydrogens is 278 g/mol. The van der Waals surface area contributed by atoms with Crippen LogP contribution in [0.25, 0.3) is 0 Å². The maximum absolute atomic E-state index is 9.37. The summed E-state index contributed by atoms with van der Waals surface area (Å²) in [6.07, 6.45) is 0.667. The third-order valence-corrected chi connectivity index (χ3v) is 1.52. The molecule has 0 saturated heterocycles. The molecule has 0 saturated carbocycles. The topological polar surface area (TPSA) is 138 Å². The average molecular weight is 309 g/mol. The summed E-state index contributed by atoms with van der Waals surface area (Å²) in [6, 6.07) is 0. The number of carbonyl (C=O) groups is 3. The van der Waals surface area contributed by atoms with Crippen LogP contribution < -0.4 is 5.73 Å². The minimum Gasteiger partial charge on any atom is -0.481 e. The third-order valence-electron chi connectivity index (χ3n) is 1.52. The molecule has 0 fully saturated rings. The van der Waals surface area contributed by atoms with Gasteiger partial charge in [-0.25, -0.2) is 0 Å². The second-order valence-electron chi connectivity index (χ2n) is 5.01. The Morgan fingerprint density at radius 1 is 0.762 bits per heavy atom. The van der Waals surface area contributed by atoms with Crippen LogP contribution >= 0.6 is 0 Å². The zero-order chi connectivity index (χ0) is 18.1. The number of nitrogens with two attached hydrogens (primary N) is 1. The van der Waals surface area contributed by atoms with Crippen LogP contribution in [0, 0.1) is 5.41 Å². The molecule has 0 aromatic carbocycles. The molecule has 0 spiro atoms. The fourth-order valence-corrected chi connectivity index (χ4v) is 0. The van der Waals surface area contributed by atoms with Gasteiger partial charge in [0.1, 0.15) is 0 Å². The molecule has 0 unspecified atom stereocenters. The lowest BCUT2D eigenvalue weighted by Crippen LogP contribution is -2.18. The minimum absolute atomic E-state index is 0.222. The summed E-state index contributed by atoms with van der Waals surface area (Å²) in [7, 11) is 0. The van der Waals surface area contributed by atoms with Gasteiger partial charge in [-0.2, -0.15) is 0 Å². The van der Waals surface area contributed by atoms with Crippen molar-refractivity contribution in [2.45, 2.75) is 60.8 Å². The van der Waals surface area contributed by atoms with Crippen LogP contribution in [0.4, 0.5) is 0 Å². The zero-order valence-corrected chi connectivity index (χ0v) is 14.0. The third kappa shape index (κ3) is 90.6. The largest absolute Gasteiger partial charge is 0.481 e. The van der Waals surface area contributed by atoms with Crippen LogP contribution in [-0.2, 0) is 14.4 Å². The molecule has 7 heteroatoms. The molecule has 0 amide bonds. The highest BCUT2D eigenvalue weighted by molar-refractivity contribution is 5.66. The molecular formula is C14H31NO6. The van der Waals surface area contributed by atoms with E-state index in [1.807, 2.05) is 0 Å². The lowest BCUT2D eigenvalue weighted by molar-refractivity contribution is -0.137. The second kappa shape index (κ2) is 18.4. The molecule has 0 rings (SSSR count). The van der Waals surface area contributed by atoms with E-state index in [9.17, 15) is 14.4 Å². The number of carboxylic acids is 3. The van der Waals surface area contributed by atoms with Gasteiger partial charge in [-0.15, -0.1) is 0 Å². The number of carboxylic acid groups (broad SMARTS) is 3. The number of hydrogen-bond acceptors (Lipinski definition) is 4. The fourth-order valence-electron chi connectivity index (χ4n) is 0. The van der Waals surface area contributed by atoms with Crippen molar-refractivity contribution in [3.8, 4) is 0 Å². The van der Waals surface area contributed by atoms with E-state index in [2.05, 4.69) is 20.8 Å². The summed E-state index contributed by atoms with van der Waals surface area (Å²) in [5.41, 5.74) is 5.62. The standard InChI is InChI=1S/C5H13N.3C3H6O2/c1-5(2,3)4-6;3*1-2-3(4)5/h4,6H2,1-3H3;3*2H2,1H3,(H,4,5). The maximum atomic E-state index is 9.37. The van der Waals surface area contributed by atoms with Crippen LogP contribution in [0.5, 0.6) is 0 Å². The first kappa shape index (κ1) is 27.7. The van der Waals surface area contributed by atoms with Gasteiger partial charge in [-0.3, -0.25) is 14.4 Å². The molecule has 7 nitrogen and oxygen atoms in total. The van der Waals surface area contributed by atoms with Gasteiger partial charge in [-0.1, -0.05) is 41.5 Å². The Kier molecular flexibility index (Phi) is 24.2. The summed E-state index contributed by atoms with van der Waals surface area (Å²) in [4.78, 5) is 28.1. The normalized spacial score (nSPS) is 8.71. The smallest absolute Gasteiger partial charge is 0.303 e. The molecule has 0 aliphatic carbocycles. The van der Waals surface area contributed by atoms with Gasteiger partial charge in [0.05, 0.1) is 0 Å². The molecule has 0 aliphatic rings. The van der Waals surface area contributed by atoms with Crippen molar-refractivity contribution < 1.29 is 29.7 Å². The average Bonchev–Trinajstić information content (AvgIpc) is 2.39. The zero-order valence-electron chi connectivity index (χ0n) is 14.0. The molecule has 21 heavy (non-hydrogen) atoms. The quantitative estimate of drug-likeness (QED) is 0.628. The number of hydrogen-bond donors (Lipinski definition) is 4. The van der Waals surface area contributed by atoms with Crippen LogP contribution in [-0.4, -0.2) is 39.8 Å². The molecule has 0 radical (unpaired) electrons. The van der Waals surface area contributed by atoms with Gasteiger partial charge < -0.3 is 21.1 Å². The van der Waals surface area contributed by atoms with E-state index >= 15 is 0 Å². The van der Waals surface area contributed by atoms with Gasteiger partial charge in [0, 0.05) is 19.3 Å². The van der Waals surface area contributed by atoms with Gasteiger partial charge in [-0.05, 0) is 12.0 Å². The van der Waals surface area contributed by atoms with E-state index in [-0.39, 0.29) is 19.3 Å². The highest BCUT2D eigenvalue weighted by atomic mass is 16.4. The van der Waals surface area contributed by atoms with Crippen LogP contribution in [0.1, 0.15) is 60.8 Å². The maximum Gasteiger partial charge on any atom is 0.303 e. The summed E-state index contributed by atoms with van der Waals surface area (Å²) >= 11 is 0. The summed E-state index contributed by atoms with van der Waals surface area (Å²) in [5, 5.41) is 23.2. The first-order valence-corrected chi connectivity index (χ1v) is 6.73. The highest BCUT2D eigenvalue weighted by Crippen LogP contribution is 2.07. The number of rotatable bonds is 3. The van der Waals surface area contributed by atoms with Crippen LogP contribution in [0.3, 0.4) is 0 Å². The first-order valence-electron chi connectivity index (χ1n) is 6.73. The summed E-state index contributed by atoms with van der Waals surface area (Å²) < 4.78 is 0. The fraction of sp³-hybridized carbons (Fsp3) is 0.786. The van der Waals surface area contributed by atoms with Gasteiger partial charge in [0.25, 0.3) is 0 Å².